The third-order valence-corrected chi connectivity index (χ3v) is 2.78. The number of rotatable bonds is 0. The molecule has 0 bridgehead atoms. The lowest BCUT2D eigenvalue weighted by Crippen LogP contribution is -2.06. The van der Waals surface area contributed by atoms with Gasteiger partial charge >= 0.3 is 0 Å². The molecule has 1 aromatic carbocycles. The van der Waals surface area contributed by atoms with Crippen LogP contribution in [0, 0.1) is 0 Å². The summed E-state index contributed by atoms with van der Waals surface area (Å²) in [7, 11) is 0. The highest BCUT2D eigenvalue weighted by molar-refractivity contribution is 6.00. The van der Waals surface area contributed by atoms with Gasteiger partial charge in [0, 0.05) is 17.7 Å². The van der Waals surface area contributed by atoms with Crippen molar-refractivity contribution in [2.45, 2.75) is 25.9 Å². The van der Waals surface area contributed by atoms with E-state index < -0.39 is 0 Å². The number of carbonyl (C=O) groups is 1. The molecular formula is C11H11NO2. The molecule has 0 spiro atoms. The Bertz CT molecular complexity index is 426. The molecule has 0 radical (unpaired) electrons. The van der Waals surface area contributed by atoms with Gasteiger partial charge in [0.25, 0.3) is 0 Å². The van der Waals surface area contributed by atoms with E-state index in [1.54, 1.807) is 0 Å². The smallest absolute Gasteiger partial charge is 0.229 e. The van der Waals surface area contributed by atoms with Gasteiger partial charge in [-0.1, -0.05) is 6.07 Å². The molecule has 2 aliphatic heterocycles. The number of carbonyl (C=O) groups excluding carboxylic acids is 1. The topological polar surface area (TPSA) is 38.3 Å². The van der Waals surface area contributed by atoms with Crippen molar-refractivity contribution in [1.29, 1.82) is 0 Å². The lowest BCUT2D eigenvalue weighted by Gasteiger charge is -2.06. The zero-order valence-corrected chi connectivity index (χ0v) is 7.96. The average molecular weight is 189 g/mol. The second-order valence-corrected chi connectivity index (χ2v) is 3.94. The molecule has 1 aromatic rings. The van der Waals surface area contributed by atoms with Crippen LogP contribution in [0.4, 0.5) is 5.69 Å². The number of fused-ring (bicyclic) bond motifs is 3. The number of ether oxygens (including phenoxy) is 1. The van der Waals surface area contributed by atoms with Gasteiger partial charge in [-0.05, 0) is 18.6 Å². The Balaban J connectivity index is 2.15. The first-order valence-corrected chi connectivity index (χ1v) is 4.85. The lowest BCUT2D eigenvalue weighted by molar-refractivity contribution is -0.115. The van der Waals surface area contributed by atoms with Gasteiger partial charge in [0.15, 0.2) is 0 Å². The number of nitrogens with one attached hydrogen (secondary N) is 1. The van der Waals surface area contributed by atoms with Crippen molar-refractivity contribution in [2.24, 2.45) is 0 Å². The summed E-state index contributed by atoms with van der Waals surface area (Å²) in [6, 6.07) is 4.02. The summed E-state index contributed by atoms with van der Waals surface area (Å²) in [6.45, 7) is 2.05. The highest BCUT2D eigenvalue weighted by atomic mass is 16.5. The van der Waals surface area contributed by atoms with E-state index in [2.05, 4.69) is 12.2 Å². The summed E-state index contributed by atoms with van der Waals surface area (Å²) in [5.41, 5.74) is 3.19. The SMILES string of the molecule is CC1Cc2ccc3c(c2O1)CC(=O)N3. The fourth-order valence-corrected chi connectivity index (χ4v) is 2.18. The molecule has 0 aromatic heterocycles. The van der Waals surface area contributed by atoms with Crippen LogP contribution in [-0.4, -0.2) is 12.0 Å². The van der Waals surface area contributed by atoms with Gasteiger partial charge in [-0.3, -0.25) is 4.79 Å². The van der Waals surface area contributed by atoms with Crippen molar-refractivity contribution in [2.75, 3.05) is 5.32 Å². The summed E-state index contributed by atoms with van der Waals surface area (Å²) in [4.78, 5) is 11.2. The van der Waals surface area contributed by atoms with Crippen molar-refractivity contribution in [1.82, 2.24) is 0 Å². The van der Waals surface area contributed by atoms with Crippen molar-refractivity contribution in [3.63, 3.8) is 0 Å². The quantitative estimate of drug-likeness (QED) is 0.671. The minimum absolute atomic E-state index is 0.0663. The predicted octanol–water partition coefficient (Wildman–Crippen LogP) is 1.50. The maximum atomic E-state index is 11.2. The van der Waals surface area contributed by atoms with E-state index in [4.69, 9.17) is 4.74 Å². The number of anilines is 1. The van der Waals surface area contributed by atoms with Crippen LogP contribution in [0.1, 0.15) is 18.1 Å². The molecule has 2 aliphatic rings. The third-order valence-electron chi connectivity index (χ3n) is 2.78. The maximum absolute atomic E-state index is 11.2. The molecule has 72 valence electrons. The van der Waals surface area contributed by atoms with Gasteiger partial charge < -0.3 is 10.1 Å². The van der Waals surface area contributed by atoms with E-state index in [9.17, 15) is 4.79 Å². The molecule has 1 N–H and O–H groups in total. The molecule has 0 saturated heterocycles. The highest BCUT2D eigenvalue weighted by Crippen LogP contribution is 2.39. The molecule has 14 heavy (non-hydrogen) atoms. The van der Waals surface area contributed by atoms with Crippen molar-refractivity contribution < 1.29 is 9.53 Å². The largest absolute Gasteiger partial charge is 0.490 e. The molecule has 3 rings (SSSR count). The van der Waals surface area contributed by atoms with Gasteiger partial charge in [-0.15, -0.1) is 0 Å². The van der Waals surface area contributed by atoms with Gasteiger partial charge in [-0.25, -0.2) is 0 Å². The maximum Gasteiger partial charge on any atom is 0.229 e. The summed E-state index contributed by atoms with van der Waals surface area (Å²) in [5.74, 6) is 1.00. The molecule has 2 heterocycles. The van der Waals surface area contributed by atoms with Gasteiger partial charge in [0.1, 0.15) is 11.9 Å². The van der Waals surface area contributed by atoms with Crippen LogP contribution in [0.5, 0.6) is 5.75 Å². The Labute approximate surface area is 82.1 Å². The minimum atomic E-state index is 0.0663. The van der Waals surface area contributed by atoms with Crippen LogP contribution in [0.25, 0.3) is 0 Å². The molecule has 1 unspecified atom stereocenters. The predicted molar refractivity (Wildman–Crippen MR) is 52.6 cm³/mol. The fraction of sp³-hybridized carbons (Fsp3) is 0.364. The van der Waals surface area contributed by atoms with Crippen LogP contribution in [-0.2, 0) is 17.6 Å². The molecule has 3 nitrogen and oxygen atoms in total. The van der Waals surface area contributed by atoms with E-state index in [0.29, 0.717) is 6.42 Å². The van der Waals surface area contributed by atoms with E-state index in [1.165, 1.54) is 5.56 Å². The van der Waals surface area contributed by atoms with Crippen molar-refractivity contribution in [3.8, 4) is 5.75 Å². The minimum Gasteiger partial charge on any atom is -0.490 e. The number of amides is 1. The van der Waals surface area contributed by atoms with Gasteiger partial charge in [-0.2, -0.15) is 0 Å². The second-order valence-electron chi connectivity index (χ2n) is 3.94. The number of hydrogen-bond donors (Lipinski definition) is 1. The Morgan fingerprint density at radius 3 is 3.21 bits per heavy atom. The summed E-state index contributed by atoms with van der Waals surface area (Å²) in [5, 5.41) is 2.82. The van der Waals surface area contributed by atoms with Crippen LogP contribution < -0.4 is 10.1 Å². The standard InChI is InChI=1S/C11H11NO2/c1-6-4-7-2-3-9-8(11(7)14-6)5-10(13)12-9/h2-3,6H,4-5H2,1H3,(H,12,13). The van der Waals surface area contributed by atoms with Crippen molar-refractivity contribution in [3.05, 3.63) is 23.3 Å². The van der Waals surface area contributed by atoms with Crippen LogP contribution in [0.3, 0.4) is 0 Å². The van der Waals surface area contributed by atoms with E-state index in [-0.39, 0.29) is 12.0 Å². The van der Waals surface area contributed by atoms with Crippen molar-refractivity contribution >= 4 is 11.6 Å². The van der Waals surface area contributed by atoms with Gasteiger partial charge in [0.2, 0.25) is 5.91 Å². The average Bonchev–Trinajstić information content (AvgIpc) is 2.65. The van der Waals surface area contributed by atoms with Crippen LogP contribution in [0.2, 0.25) is 0 Å². The van der Waals surface area contributed by atoms with E-state index in [1.807, 2.05) is 12.1 Å². The fourth-order valence-electron chi connectivity index (χ4n) is 2.18. The summed E-state index contributed by atoms with van der Waals surface area (Å²) < 4.78 is 5.71. The number of benzene rings is 1. The lowest BCUT2D eigenvalue weighted by atomic mass is 10.0. The molecule has 0 fully saturated rings. The molecular weight excluding hydrogens is 178 g/mol. The molecule has 1 atom stereocenters. The Morgan fingerprint density at radius 1 is 1.50 bits per heavy atom. The third kappa shape index (κ3) is 0.953. The summed E-state index contributed by atoms with van der Waals surface area (Å²) >= 11 is 0. The first-order chi connectivity index (χ1) is 6.74. The second kappa shape index (κ2) is 2.50. The van der Waals surface area contributed by atoms with Crippen LogP contribution >= 0.6 is 0 Å². The molecule has 0 aliphatic carbocycles. The Morgan fingerprint density at radius 2 is 2.36 bits per heavy atom. The molecule has 1 amide bonds. The van der Waals surface area contributed by atoms with E-state index in [0.717, 1.165) is 23.4 Å². The first-order valence-electron chi connectivity index (χ1n) is 4.85. The highest BCUT2D eigenvalue weighted by Gasteiger charge is 2.28. The number of hydrogen-bond acceptors (Lipinski definition) is 2. The normalized spacial score (nSPS) is 22.6. The van der Waals surface area contributed by atoms with Gasteiger partial charge in [0.05, 0.1) is 6.42 Å². The first kappa shape index (κ1) is 7.85. The Kier molecular flexibility index (Phi) is 1.40. The molecule has 0 saturated carbocycles. The van der Waals surface area contributed by atoms with Crippen LogP contribution in [0.15, 0.2) is 12.1 Å². The Hall–Kier alpha value is -1.51. The zero-order chi connectivity index (χ0) is 9.71. The van der Waals surface area contributed by atoms with E-state index >= 15 is 0 Å². The monoisotopic (exact) mass is 189 g/mol. The molecule has 3 heteroatoms. The zero-order valence-electron chi connectivity index (χ0n) is 7.96. The summed E-state index contributed by atoms with van der Waals surface area (Å²) in [6.07, 6.45) is 1.66.